The van der Waals surface area contributed by atoms with Crippen LogP contribution in [0.2, 0.25) is 0 Å². The summed E-state index contributed by atoms with van der Waals surface area (Å²) in [5, 5.41) is 15.2. The summed E-state index contributed by atoms with van der Waals surface area (Å²) in [5.74, 6) is 0.839. The first kappa shape index (κ1) is 13.4. The van der Waals surface area contributed by atoms with Crippen molar-refractivity contribution < 1.29 is 9.90 Å². The highest BCUT2D eigenvalue weighted by Crippen LogP contribution is 2.15. The van der Waals surface area contributed by atoms with Crippen LogP contribution in [0.3, 0.4) is 0 Å². The second-order valence-corrected chi connectivity index (χ2v) is 5.47. The summed E-state index contributed by atoms with van der Waals surface area (Å²) in [5.41, 5.74) is 0. The molecule has 0 aliphatic carbocycles. The smallest absolute Gasteiger partial charge is 0.237 e. The van der Waals surface area contributed by atoms with Gasteiger partial charge in [-0.1, -0.05) is 18.2 Å². The topological polar surface area (TPSA) is 61.4 Å². The van der Waals surface area contributed by atoms with Crippen molar-refractivity contribution in [3.8, 4) is 0 Å². The van der Waals surface area contributed by atoms with Gasteiger partial charge in [-0.25, -0.2) is 0 Å². The highest BCUT2D eigenvalue weighted by Gasteiger charge is 2.27. The Balaban J connectivity index is 1.62. The van der Waals surface area contributed by atoms with Gasteiger partial charge < -0.3 is 15.7 Å². The number of β-amino-alcohol motifs (C(OH)–C–C–N with tert-alkyl or cyclic N) is 1. The van der Waals surface area contributed by atoms with Gasteiger partial charge >= 0.3 is 0 Å². The standard InChI is InChI=1S/C13H18N2O2S/c16-10-8-12(15-9-10)13(17)14-6-7-18-11-4-2-1-3-5-11/h1-5,10,12,15-16H,6-9H2,(H,14,17). The second kappa shape index (κ2) is 6.78. The van der Waals surface area contributed by atoms with Crippen LogP contribution in [-0.4, -0.2) is 42.0 Å². The molecule has 2 unspecified atom stereocenters. The van der Waals surface area contributed by atoms with Crippen LogP contribution < -0.4 is 10.6 Å². The lowest BCUT2D eigenvalue weighted by molar-refractivity contribution is -0.122. The number of aliphatic hydroxyl groups is 1. The number of carbonyl (C=O) groups excluding carboxylic acids is 1. The van der Waals surface area contributed by atoms with Gasteiger partial charge in [-0.05, 0) is 18.6 Å². The van der Waals surface area contributed by atoms with Crippen LogP contribution in [0.25, 0.3) is 0 Å². The molecular weight excluding hydrogens is 248 g/mol. The second-order valence-electron chi connectivity index (χ2n) is 4.30. The summed E-state index contributed by atoms with van der Waals surface area (Å²) in [6.07, 6.45) is 0.122. The van der Waals surface area contributed by atoms with Gasteiger partial charge in [-0.15, -0.1) is 11.8 Å². The van der Waals surface area contributed by atoms with Crippen molar-refractivity contribution in [2.24, 2.45) is 0 Å². The maximum absolute atomic E-state index is 11.7. The lowest BCUT2D eigenvalue weighted by Crippen LogP contribution is -2.41. The molecule has 0 spiro atoms. The molecule has 1 aliphatic rings. The van der Waals surface area contributed by atoms with Crippen LogP contribution >= 0.6 is 11.8 Å². The van der Waals surface area contributed by atoms with E-state index in [1.807, 2.05) is 18.2 Å². The maximum atomic E-state index is 11.7. The first-order chi connectivity index (χ1) is 8.75. The molecule has 1 aromatic rings. The van der Waals surface area contributed by atoms with Crippen molar-refractivity contribution >= 4 is 17.7 Å². The first-order valence-corrected chi connectivity index (χ1v) is 7.11. The Bertz CT molecular complexity index is 386. The Morgan fingerprint density at radius 1 is 1.44 bits per heavy atom. The zero-order valence-electron chi connectivity index (χ0n) is 10.1. The van der Waals surface area contributed by atoms with Crippen molar-refractivity contribution in [2.45, 2.75) is 23.5 Å². The molecule has 1 aromatic carbocycles. The Morgan fingerprint density at radius 3 is 2.89 bits per heavy atom. The van der Waals surface area contributed by atoms with E-state index in [0.717, 1.165) is 5.75 Å². The average molecular weight is 266 g/mol. The summed E-state index contributed by atoms with van der Waals surface area (Å²) in [6, 6.07) is 9.88. The summed E-state index contributed by atoms with van der Waals surface area (Å²) in [7, 11) is 0. The fourth-order valence-corrected chi connectivity index (χ4v) is 2.69. The fourth-order valence-electron chi connectivity index (χ4n) is 1.90. The van der Waals surface area contributed by atoms with Crippen LogP contribution in [0.15, 0.2) is 35.2 Å². The molecule has 0 bridgehead atoms. The van der Waals surface area contributed by atoms with Gasteiger partial charge in [0, 0.05) is 23.7 Å². The molecule has 18 heavy (non-hydrogen) atoms. The molecule has 1 heterocycles. The Kier molecular flexibility index (Phi) is 5.04. The Morgan fingerprint density at radius 2 is 2.22 bits per heavy atom. The maximum Gasteiger partial charge on any atom is 0.237 e. The third-order valence-corrected chi connectivity index (χ3v) is 3.85. The van der Waals surface area contributed by atoms with Gasteiger partial charge in [0.05, 0.1) is 12.1 Å². The van der Waals surface area contributed by atoms with Crippen LogP contribution in [0, 0.1) is 0 Å². The lowest BCUT2D eigenvalue weighted by atomic mass is 10.2. The summed E-state index contributed by atoms with van der Waals surface area (Å²) in [4.78, 5) is 12.9. The fraction of sp³-hybridized carbons (Fsp3) is 0.462. The van der Waals surface area contributed by atoms with Crippen molar-refractivity contribution in [2.75, 3.05) is 18.8 Å². The van der Waals surface area contributed by atoms with Crippen LogP contribution in [-0.2, 0) is 4.79 Å². The van der Waals surface area contributed by atoms with E-state index in [0.29, 0.717) is 19.5 Å². The highest BCUT2D eigenvalue weighted by molar-refractivity contribution is 7.99. The molecule has 5 heteroatoms. The molecule has 2 rings (SSSR count). The van der Waals surface area contributed by atoms with E-state index in [2.05, 4.69) is 22.8 Å². The predicted molar refractivity (Wildman–Crippen MR) is 72.6 cm³/mol. The first-order valence-electron chi connectivity index (χ1n) is 6.13. The minimum Gasteiger partial charge on any atom is -0.392 e. The molecule has 1 fully saturated rings. The zero-order valence-corrected chi connectivity index (χ0v) is 11.0. The molecule has 1 aliphatic heterocycles. The molecule has 0 saturated carbocycles. The number of hydrogen-bond acceptors (Lipinski definition) is 4. The number of hydrogen-bond donors (Lipinski definition) is 3. The van der Waals surface area contributed by atoms with Crippen molar-refractivity contribution in [3.63, 3.8) is 0 Å². The van der Waals surface area contributed by atoms with Crippen molar-refractivity contribution in [1.82, 2.24) is 10.6 Å². The highest BCUT2D eigenvalue weighted by atomic mass is 32.2. The van der Waals surface area contributed by atoms with E-state index >= 15 is 0 Å². The van der Waals surface area contributed by atoms with Gasteiger partial charge in [0.2, 0.25) is 5.91 Å². The number of aliphatic hydroxyl groups excluding tert-OH is 1. The van der Waals surface area contributed by atoms with Crippen LogP contribution in [0.4, 0.5) is 0 Å². The van der Waals surface area contributed by atoms with Crippen LogP contribution in [0.1, 0.15) is 6.42 Å². The number of benzene rings is 1. The Hall–Kier alpha value is -1.04. The molecule has 0 radical (unpaired) electrons. The summed E-state index contributed by atoms with van der Waals surface area (Å²) < 4.78 is 0. The van der Waals surface area contributed by atoms with E-state index in [9.17, 15) is 9.90 Å². The summed E-state index contributed by atoms with van der Waals surface area (Å²) in [6.45, 7) is 1.16. The van der Waals surface area contributed by atoms with E-state index in [1.54, 1.807) is 11.8 Å². The molecule has 1 amide bonds. The largest absolute Gasteiger partial charge is 0.392 e. The number of thioether (sulfide) groups is 1. The molecule has 1 saturated heterocycles. The van der Waals surface area contributed by atoms with E-state index in [1.165, 1.54) is 4.90 Å². The van der Waals surface area contributed by atoms with E-state index in [-0.39, 0.29) is 18.1 Å². The SMILES string of the molecule is O=C(NCCSc1ccccc1)C1CC(O)CN1. The Labute approximate surface area is 111 Å². The van der Waals surface area contributed by atoms with Gasteiger partial charge in [0.25, 0.3) is 0 Å². The predicted octanol–water partition coefficient (Wildman–Crippen LogP) is 0.618. The number of nitrogens with one attached hydrogen (secondary N) is 2. The van der Waals surface area contributed by atoms with Crippen molar-refractivity contribution in [1.29, 1.82) is 0 Å². The normalized spacial score (nSPS) is 22.9. The molecule has 0 aromatic heterocycles. The average Bonchev–Trinajstić information content (AvgIpc) is 2.82. The van der Waals surface area contributed by atoms with Crippen LogP contribution in [0.5, 0.6) is 0 Å². The molecule has 3 N–H and O–H groups in total. The van der Waals surface area contributed by atoms with E-state index < -0.39 is 0 Å². The van der Waals surface area contributed by atoms with Crippen molar-refractivity contribution in [3.05, 3.63) is 30.3 Å². The van der Waals surface area contributed by atoms with Gasteiger partial charge in [-0.2, -0.15) is 0 Å². The number of rotatable bonds is 5. The molecule has 98 valence electrons. The summed E-state index contributed by atoms with van der Waals surface area (Å²) >= 11 is 1.72. The number of carbonyl (C=O) groups is 1. The monoisotopic (exact) mass is 266 g/mol. The van der Waals surface area contributed by atoms with Gasteiger partial charge in [0.15, 0.2) is 0 Å². The quantitative estimate of drug-likeness (QED) is 0.540. The minimum atomic E-state index is -0.389. The third-order valence-electron chi connectivity index (χ3n) is 2.84. The lowest BCUT2D eigenvalue weighted by Gasteiger charge is -2.10. The third kappa shape index (κ3) is 4.01. The molecule has 2 atom stereocenters. The van der Waals surface area contributed by atoms with Gasteiger partial charge in [0.1, 0.15) is 0 Å². The molecule has 4 nitrogen and oxygen atoms in total. The zero-order chi connectivity index (χ0) is 12.8. The number of amides is 1. The molecular formula is C13H18N2O2S. The minimum absolute atomic E-state index is 0.0137. The van der Waals surface area contributed by atoms with Gasteiger partial charge in [-0.3, -0.25) is 4.79 Å². The van der Waals surface area contributed by atoms with E-state index in [4.69, 9.17) is 0 Å².